The number of hydrogen-bond donors (Lipinski definition) is 0. The minimum Gasteiger partial charge on any atom is -0.493 e. The molecule has 0 atom stereocenters. The molecule has 0 fully saturated rings. The van der Waals surface area contributed by atoms with Gasteiger partial charge in [0.15, 0.2) is 11.5 Å². The van der Waals surface area contributed by atoms with E-state index in [1.165, 1.54) is 0 Å². The summed E-state index contributed by atoms with van der Waals surface area (Å²) in [6.07, 6.45) is 0. The van der Waals surface area contributed by atoms with E-state index in [4.69, 9.17) is 9.47 Å². The van der Waals surface area contributed by atoms with E-state index in [0.29, 0.717) is 4.61 Å². The maximum Gasteiger partial charge on any atom is 0.162 e. The zero-order chi connectivity index (χ0) is 8.10. The van der Waals surface area contributed by atoms with Gasteiger partial charge < -0.3 is 9.47 Å². The van der Waals surface area contributed by atoms with Gasteiger partial charge >= 0.3 is 0 Å². The highest BCUT2D eigenvalue weighted by Gasteiger charge is 1.99. The smallest absolute Gasteiger partial charge is 0.162 e. The first-order chi connectivity index (χ1) is 5.38. The van der Waals surface area contributed by atoms with Crippen molar-refractivity contribution in [2.45, 2.75) is 0 Å². The lowest BCUT2D eigenvalue weighted by molar-refractivity contribution is 0.350. The highest BCUT2D eigenvalue weighted by Crippen LogP contribution is 2.25. The molecule has 0 unspecified atom stereocenters. The van der Waals surface area contributed by atoms with Crippen molar-refractivity contribution < 1.29 is 9.47 Å². The predicted octanol–water partition coefficient (Wildman–Crippen LogP) is 2.47. The average molecular weight is 264 g/mol. The monoisotopic (exact) mass is 264 g/mol. The molecule has 0 saturated heterocycles. The summed E-state index contributed by atoms with van der Waals surface area (Å²) in [5.74, 6) is 1.58. The van der Waals surface area contributed by atoms with E-state index in [9.17, 15) is 0 Å². The summed E-state index contributed by atoms with van der Waals surface area (Å²) >= 11 is 2.15. The first-order valence-corrected chi connectivity index (χ1v) is 4.73. The van der Waals surface area contributed by atoms with E-state index in [0.717, 1.165) is 11.5 Å². The molecule has 0 N–H and O–H groups in total. The molecular formula is C8H9IO2. The summed E-state index contributed by atoms with van der Waals surface area (Å²) in [5, 5.41) is 0. The molecule has 0 saturated carbocycles. The van der Waals surface area contributed by atoms with Gasteiger partial charge in [-0.3, -0.25) is 0 Å². The van der Waals surface area contributed by atoms with Gasteiger partial charge in [0, 0.05) is 0 Å². The van der Waals surface area contributed by atoms with E-state index < -0.39 is 0 Å². The second-order valence-electron chi connectivity index (χ2n) is 1.90. The van der Waals surface area contributed by atoms with Crippen LogP contribution in [0.25, 0.3) is 0 Å². The van der Waals surface area contributed by atoms with Crippen molar-refractivity contribution in [1.82, 2.24) is 0 Å². The van der Waals surface area contributed by atoms with Crippen molar-refractivity contribution in [1.29, 1.82) is 0 Å². The zero-order valence-electron chi connectivity index (χ0n) is 6.21. The van der Waals surface area contributed by atoms with Crippen LogP contribution in [0.3, 0.4) is 0 Å². The molecule has 3 heteroatoms. The van der Waals surface area contributed by atoms with Crippen molar-refractivity contribution in [2.24, 2.45) is 0 Å². The van der Waals surface area contributed by atoms with Crippen molar-refractivity contribution in [3.8, 4) is 11.5 Å². The lowest BCUT2D eigenvalue weighted by Crippen LogP contribution is -1.92. The minimum absolute atomic E-state index is 0.637. The summed E-state index contributed by atoms with van der Waals surface area (Å²) in [5.41, 5.74) is 0. The molecule has 60 valence electrons. The molecule has 1 aromatic carbocycles. The largest absolute Gasteiger partial charge is 0.493 e. The Morgan fingerprint density at radius 1 is 1.27 bits per heavy atom. The number of ether oxygens (including phenoxy) is 2. The molecule has 1 aromatic rings. The molecule has 0 heterocycles. The highest BCUT2D eigenvalue weighted by atomic mass is 127. The Morgan fingerprint density at radius 3 is 2.45 bits per heavy atom. The van der Waals surface area contributed by atoms with Crippen molar-refractivity contribution in [3.05, 3.63) is 24.3 Å². The van der Waals surface area contributed by atoms with Crippen molar-refractivity contribution in [2.75, 3.05) is 11.7 Å². The van der Waals surface area contributed by atoms with E-state index in [1.807, 2.05) is 24.3 Å². The fourth-order valence-electron chi connectivity index (χ4n) is 0.797. The quantitative estimate of drug-likeness (QED) is 0.616. The topological polar surface area (TPSA) is 18.5 Å². The van der Waals surface area contributed by atoms with E-state index in [1.54, 1.807) is 7.11 Å². The molecule has 0 aromatic heterocycles. The van der Waals surface area contributed by atoms with Crippen molar-refractivity contribution in [3.63, 3.8) is 0 Å². The lowest BCUT2D eigenvalue weighted by atomic mass is 10.3. The van der Waals surface area contributed by atoms with E-state index in [-0.39, 0.29) is 0 Å². The molecule has 11 heavy (non-hydrogen) atoms. The molecule has 0 spiro atoms. The Kier molecular flexibility index (Phi) is 3.48. The van der Waals surface area contributed by atoms with Gasteiger partial charge in [0.2, 0.25) is 0 Å². The van der Waals surface area contributed by atoms with Gasteiger partial charge in [-0.15, -0.1) is 0 Å². The summed E-state index contributed by atoms with van der Waals surface area (Å²) in [6.45, 7) is 0. The van der Waals surface area contributed by atoms with Gasteiger partial charge in [-0.1, -0.05) is 12.1 Å². The number of alkyl halides is 1. The summed E-state index contributed by atoms with van der Waals surface area (Å²) in [6, 6.07) is 7.60. The van der Waals surface area contributed by atoms with Gasteiger partial charge in [0.25, 0.3) is 0 Å². The first kappa shape index (κ1) is 8.64. The summed E-state index contributed by atoms with van der Waals surface area (Å²) < 4.78 is 11.0. The molecule has 0 aliphatic carbocycles. The van der Waals surface area contributed by atoms with Crippen LogP contribution < -0.4 is 9.47 Å². The van der Waals surface area contributed by atoms with Gasteiger partial charge in [0.1, 0.15) is 4.61 Å². The SMILES string of the molecule is COc1ccccc1OCI. The maximum atomic E-state index is 5.29. The van der Waals surface area contributed by atoms with Crippen LogP contribution in [0.4, 0.5) is 0 Å². The second-order valence-corrected chi connectivity index (χ2v) is 2.53. The van der Waals surface area contributed by atoms with Crippen LogP contribution in [0.15, 0.2) is 24.3 Å². The second kappa shape index (κ2) is 4.43. The van der Waals surface area contributed by atoms with Gasteiger partial charge in [-0.05, 0) is 34.7 Å². The molecule has 1 rings (SSSR count). The van der Waals surface area contributed by atoms with Crippen LogP contribution in [0.2, 0.25) is 0 Å². The minimum atomic E-state index is 0.637. The Morgan fingerprint density at radius 2 is 1.91 bits per heavy atom. The molecule has 0 bridgehead atoms. The van der Waals surface area contributed by atoms with Crippen molar-refractivity contribution >= 4 is 22.6 Å². The molecule has 0 radical (unpaired) electrons. The predicted molar refractivity (Wildman–Crippen MR) is 52.5 cm³/mol. The third-order valence-electron chi connectivity index (χ3n) is 1.28. The number of halogens is 1. The first-order valence-electron chi connectivity index (χ1n) is 3.20. The molecule has 0 aliphatic rings. The Balaban J connectivity index is 2.83. The van der Waals surface area contributed by atoms with Crippen LogP contribution in [0.5, 0.6) is 11.5 Å². The summed E-state index contributed by atoms with van der Waals surface area (Å²) in [4.78, 5) is 0. The summed E-state index contributed by atoms with van der Waals surface area (Å²) in [7, 11) is 1.63. The molecule has 2 nitrogen and oxygen atoms in total. The molecular weight excluding hydrogens is 255 g/mol. The number of rotatable bonds is 3. The van der Waals surface area contributed by atoms with Gasteiger partial charge in [-0.25, -0.2) is 0 Å². The Labute approximate surface area is 79.7 Å². The van der Waals surface area contributed by atoms with Gasteiger partial charge in [0.05, 0.1) is 7.11 Å². The van der Waals surface area contributed by atoms with Crippen LogP contribution in [0.1, 0.15) is 0 Å². The van der Waals surface area contributed by atoms with Gasteiger partial charge in [-0.2, -0.15) is 0 Å². The van der Waals surface area contributed by atoms with Crippen LogP contribution in [-0.2, 0) is 0 Å². The number of methoxy groups -OCH3 is 1. The van der Waals surface area contributed by atoms with E-state index in [2.05, 4.69) is 22.6 Å². The standard InChI is InChI=1S/C8H9IO2/c1-10-7-4-2-3-5-8(7)11-6-9/h2-5H,6H2,1H3. The normalized spacial score (nSPS) is 9.27. The Bertz CT molecular complexity index is 225. The van der Waals surface area contributed by atoms with E-state index >= 15 is 0 Å². The van der Waals surface area contributed by atoms with Crippen LogP contribution in [0, 0.1) is 0 Å². The number of benzene rings is 1. The molecule has 0 aliphatic heterocycles. The highest BCUT2D eigenvalue weighted by molar-refractivity contribution is 14.1. The lowest BCUT2D eigenvalue weighted by Gasteiger charge is -2.06. The van der Waals surface area contributed by atoms with Crippen LogP contribution in [-0.4, -0.2) is 11.7 Å². The zero-order valence-corrected chi connectivity index (χ0v) is 8.37. The average Bonchev–Trinajstić information content (AvgIpc) is 2.06. The third-order valence-corrected chi connectivity index (χ3v) is 1.59. The number of para-hydroxylation sites is 2. The molecule has 0 amide bonds. The fraction of sp³-hybridized carbons (Fsp3) is 0.250. The Hall–Kier alpha value is -0.450. The number of hydrogen-bond acceptors (Lipinski definition) is 2. The van der Waals surface area contributed by atoms with Crippen LogP contribution >= 0.6 is 22.6 Å². The third kappa shape index (κ3) is 2.25. The fourth-order valence-corrected chi connectivity index (χ4v) is 1.13. The maximum absolute atomic E-state index is 5.29.